The van der Waals surface area contributed by atoms with Crippen molar-refractivity contribution in [1.29, 1.82) is 0 Å². The number of hydrogen-bond acceptors (Lipinski definition) is 4. The van der Waals surface area contributed by atoms with Crippen molar-refractivity contribution in [2.24, 2.45) is 5.92 Å². The molecule has 0 saturated carbocycles. The fourth-order valence-corrected chi connectivity index (χ4v) is 2.76. The first-order chi connectivity index (χ1) is 9.54. The van der Waals surface area contributed by atoms with Gasteiger partial charge in [-0.15, -0.1) is 12.4 Å². The number of nitrogens with zero attached hydrogens (tertiary/aromatic N) is 2. The Morgan fingerprint density at radius 2 is 2.29 bits per heavy atom. The quantitative estimate of drug-likeness (QED) is 0.677. The molecule has 0 spiro atoms. The number of likely N-dealkylation sites (tertiary alicyclic amines) is 1. The van der Waals surface area contributed by atoms with Crippen molar-refractivity contribution in [2.45, 2.75) is 6.42 Å². The Morgan fingerprint density at radius 3 is 2.90 bits per heavy atom. The van der Waals surface area contributed by atoms with Crippen LogP contribution in [0.15, 0.2) is 18.2 Å². The molecule has 1 saturated heterocycles. The minimum atomic E-state index is -0.569. The summed E-state index contributed by atoms with van der Waals surface area (Å²) in [5, 5.41) is 14.2. The average molecular weight is 334 g/mol. The molecule has 0 radical (unpaired) electrons. The Hall–Kier alpha value is -1.37. The Labute approximate surface area is 134 Å². The minimum Gasteiger partial charge on any atom is -0.338 e. The fourth-order valence-electron chi connectivity index (χ4n) is 2.51. The summed E-state index contributed by atoms with van der Waals surface area (Å²) in [5.41, 5.74) is -0.246. The van der Waals surface area contributed by atoms with Crippen LogP contribution in [0.3, 0.4) is 0 Å². The van der Waals surface area contributed by atoms with Crippen LogP contribution in [0.5, 0.6) is 0 Å². The van der Waals surface area contributed by atoms with Gasteiger partial charge < -0.3 is 10.2 Å². The van der Waals surface area contributed by atoms with Gasteiger partial charge in [0.15, 0.2) is 0 Å². The van der Waals surface area contributed by atoms with Gasteiger partial charge in [0.2, 0.25) is 0 Å². The molecule has 1 amide bonds. The van der Waals surface area contributed by atoms with E-state index in [1.165, 1.54) is 18.2 Å². The van der Waals surface area contributed by atoms with Crippen molar-refractivity contribution in [1.82, 2.24) is 10.2 Å². The van der Waals surface area contributed by atoms with Gasteiger partial charge in [0.25, 0.3) is 11.6 Å². The number of rotatable bonds is 4. The van der Waals surface area contributed by atoms with Crippen molar-refractivity contribution < 1.29 is 9.72 Å². The number of nitro benzene ring substituents is 1. The van der Waals surface area contributed by atoms with E-state index < -0.39 is 4.92 Å². The second-order valence-electron chi connectivity index (χ2n) is 4.85. The predicted molar refractivity (Wildman–Crippen MR) is 83.3 cm³/mol. The molecule has 116 valence electrons. The smallest absolute Gasteiger partial charge is 0.283 e. The van der Waals surface area contributed by atoms with Crippen LogP contribution in [0.25, 0.3) is 0 Å². The number of benzene rings is 1. The van der Waals surface area contributed by atoms with Crippen molar-refractivity contribution in [2.75, 3.05) is 26.7 Å². The average Bonchev–Trinajstić information content (AvgIpc) is 2.86. The standard InChI is InChI=1S/C13H16ClN3O3.ClH/c1-15-7-9-5-6-16(8-9)13(18)12-10(14)3-2-4-11(12)17(19)20;/h2-4,9,15H,5-8H2,1H3;1H. The van der Waals surface area contributed by atoms with Crippen LogP contribution in [0.1, 0.15) is 16.8 Å². The summed E-state index contributed by atoms with van der Waals surface area (Å²) in [6.07, 6.45) is 0.894. The lowest BCUT2D eigenvalue weighted by atomic mass is 10.1. The maximum absolute atomic E-state index is 12.5. The van der Waals surface area contributed by atoms with E-state index in [1.54, 1.807) is 4.90 Å². The second-order valence-corrected chi connectivity index (χ2v) is 5.26. The first kappa shape index (κ1) is 17.7. The Morgan fingerprint density at radius 1 is 1.57 bits per heavy atom. The SMILES string of the molecule is CNCC1CCN(C(=O)c2c(Cl)cccc2[N+](=O)[O-])C1.Cl. The topological polar surface area (TPSA) is 75.5 Å². The summed E-state index contributed by atoms with van der Waals surface area (Å²) >= 11 is 5.98. The second kappa shape index (κ2) is 7.59. The highest BCUT2D eigenvalue weighted by molar-refractivity contribution is 6.34. The number of hydrogen-bond donors (Lipinski definition) is 1. The van der Waals surface area contributed by atoms with Gasteiger partial charge in [0.1, 0.15) is 5.56 Å². The van der Waals surface area contributed by atoms with E-state index in [0.717, 1.165) is 13.0 Å². The zero-order chi connectivity index (χ0) is 14.7. The summed E-state index contributed by atoms with van der Waals surface area (Å²) in [5.74, 6) is 0.0198. The molecule has 1 aromatic rings. The third-order valence-electron chi connectivity index (χ3n) is 3.47. The first-order valence-corrected chi connectivity index (χ1v) is 6.79. The summed E-state index contributed by atoms with van der Waals surface area (Å²) < 4.78 is 0. The molecule has 0 aromatic heterocycles. The molecule has 1 atom stereocenters. The minimum absolute atomic E-state index is 0. The predicted octanol–water partition coefficient (Wildman–Crippen LogP) is 2.35. The number of carbonyl (C=O) groups is 1. The number of amides is 1. The van der Waals surface area contributed by atoms with Crippen molar-refractivity contribution in [3.8, 4) is 0 Å². The maximum atomic E-state index is 12.5. The van der Waals surface area contributed by atoms with Crippen LogP contribution in [-0.2, 0) is 0 Å². The fraction of sp³-hybridized carbons (Fsp3) is 0.462. The van der Waals surface area contributed by atoms with Crippen molar-refractivity contribution in [3.63, 3.8) is 0 Å². The lowest BCUT2D eigenvalue weighted by molar-refractivity contribution is -0.385. The van der Waals surface area contributed by atoms with Crippen LogP contribution < -0.4 is 5.32 Å². The molecule has 0 bridgehead atoms. The van der Waals surface area contributed by atoms with Gasteiger partial charge in [-0.3, -0.25) is 14.9 Å². The lowest BCUT2D eigenvalue weighted by Crippen LogP contribution is -2.31. The molecule has 8 heteroatoms. The normalized spacial score (nSPS) is 17.4. The van der Waals surface area contributed by atoms with E-state index in [0.29, 0.717) is 19.0 Å². The molecule has 1 aliphatic rings. The molecule has 6 nitrogen and oxygen atoms in total. The van der Waals surface area contributed by atoms with E-state index >= 15 is 0 Å². The number of carbonyl (C=O) groups excluding carboxylic acids is 1. The first-order valence-electron chi connectivity index (χ1n) is 6.41. The molecule has 2 rings (SSSR count). The van der Waals surface area contributed by atoms with Gasteiger partial charge in [-0.05, 0) is 32.0 Å². The molecule has 1 N–H and O–H groups in total. The van der Waals surface area contributed by atoms with Crippen LogP contribution in [0, 0.1) is 16.0 Å². The number of nitro groups is 1. The highest BCUT2D eigenvalue weighted by Gasteiger charge is 2.31. The van der Waals surface area contributed by atoms with Crippen molar-refractivity contribution >= 4 is 35.6 Å². The van der Waals surface area contributed by atoms with Gasteiger partial charge in [-0.1, -0.05) is 17.7 Å². The Kier molecular flexibility index (Phi) is 6.39. The molecule has 21 heavy (non-hydrogen) atoms. The summed E-state index contributed by atoms with van der Waals surface area (Å²) in [4.78, 5) is 24.6. The van der Waals surface area contributed by atoms with E-state index in [1.807, 2.05) is 7.05 Å². The van der Waals surface area contributed by atoms with Gasteiger partial charge in [-0.25, -0.2) is 0 Å². The highest BCUT2D eigenvalue weighted by Crippen LogP contribution is 2.29. The molecule has 1 aliphatic heterocycles. The van der Waals surface area contributed by atoms with E-state index in [2.05, 4.69) is 5.32 Å². The maximum Gasteiger partial charge on any atom is 0.283 e. The monoisotopic (exact) mass is 333 g/mol. The van der Waals surface area contributed by atoms with E-state index in [-0.39, 0.29) is 34.6 Å². The van der Waals surface area contributed by atoms with Crippen LogP contribution in [0.2, 0.25) is 5.02 Å². The molecule has 1 aromatic carbocycles. The third kappa shape index (κ3) is 3.84. The zero-order valence-electron chi connectivity index (χ0n) is 11.5. The summed E-state index contributed by atoms with van der Waals surface area (Å²) in [6.45, 7) is 2.03. The summed E-state index contributed by atoms with van der Waals surface area (Å²) in [7, 11) is 1.86. The largest absolute Gasteiger partial charge is 0.338 e. The molecule has 0 aliphatic carbocycles. The van der Waals surface area contributed by atoms with Crippen molar-refractivity contribution in [3.05, 3.63) is 38.9 Å². The molecule has 1 unspecified atom stereocenters. The Balaban J connectivity index is 0.00000220. The van der Waals surface area contributed by atoms with Gasteiger partial charge in [0, 0.05) is 19.2 Å². The van der Waals surface area contributed by atoms with Crippen LogP contribution >= 0.6 is 24.0 Å². The molecular formula is C13H17Cl2N3O3. The highest BCUT2D eigenvalue weighted by atomic mass is 35.5. The van der Waals surface area contributed by atoms with Gasteiger partial charge in [0.05, 0.1) is 9.95 Å². The molecule has 1 fully saturated rings. The van der Waals surface area contributed by atoms with Crippen LogP contribution in [-0.4, -0.2) is 42.4 Å². The molecular weight excluding hydrogens is 317 g/mol. The van der Waals surface area contributed by atoms with E-state index in [4.69, 9.17) is 11.6 Å². The van der Waals surface area contributed by atoms with Gasteiger partial charge in [-0.2, -0.15) is 0 Å². The van der Waals surface area contributed by atoms with Crippen LogP contribution in [0.4, 0.5) is 5.69 Å². The van der Waals surface area contributed by atoms with Gasteiger partial charge >= 0.3 is 0 Å². The number of nitrogens with one attached hydrogen (secondary N) is 1. The third-order valence-corrected chi connectivity index (χ3v) is 3.78. The lowest BCUT2D eigenvalue weighted by Gasteiger charge is -2.17. The summed E-state index contributed by atoms with van der Waals surface area (Å²) in [6, 6.07) is 4.29. The zero-order valence-corrected chi connectivity index (χ0v) is 13.1. The molecule has 1 heterocycles. The Bertz CT molecular complexity index is 539. The van der Waals surface area contributed by atoms with E-state index in [9.17, 15) is 14.9 Å². The number of halogens is 2.